The van der Waals surface area contributed by atoms with Gasteiger partial charge in [0.15, 0.2) is 0 Å². The van der Waals surface area contributed by atoms with E-state index in [-0.39, 0.29) is 11.3 Å². The molecule has 0 aliphatic heterocycles. The molecule has 1 aliphatic carbocycles. The molecule has 1 aromatic carbocycles. The number of nitrogens with two attached hydrogens (primary N) is 1. The topological polar surface area (TPSA) is 46.3 Å². The lowest BCUT2D eigenvalue weighted by Gasteiger charge is -2.31. The summed E-state index contributed by atoms with van der Waals surface area (Å²) in [6.07, 6.45) is 5.26. The number of carbonyl (C=O) groups excluding carboxylic acids is 1. The minimum atomic E-state index is -0.151. The molecule has 0 aromatic heterocycles. The number of hydrogen-bond acceptors (Lipinski definition) is 2. The number of halogens is 1. The predicted molar refractivity (Wildman–Crippen MR) is 83.5 cm³/mol. The molecule has 0 radical (unpaired) electrons. The molecule has 0 heterocycles. The number of nitrogen functional groups attached to an aromatic ring is 1. The zero-order chi connectivity index (χ0) is 14.8. The second-order valence-corrected chi connectivity index (χ2v) is 6.26. The fourth-order valence-electron chi connectivity index (χ4n) is 3.22. The van der Waals surface area contributed by atoms with Crippen molar-refractivity contribution in [2.75, 3.05) is 12.8 Å². The molecule has 0 unspecified atom stereocenters. The molecule has 4 heteroatoms. The Balaban J connectivity index is 2.13. The summed E-state index contributed by atoms with van der Waals surface area (Å²) in [7, 11) is 1.86. The summed E-state index contributed by atoms with van der Waals surface area (Å²) < 4.78 is 0. The number of benzene rings is 1. The van der Waals surface area contributed by atoms with Crippen LogP contribution in [0.5, 0.6) is 0 Å². The summed E-state index contributed by atoms with van der Waals surface area (Å²) >= 11 is 6.18. The molecule has 0 bridgehead atoms. The van der Waals surface area contributed by atoms with Crippen molar-refractivity contribution in [1.82, 2.24) is 4.90 Å². The van der Waals surface area contributed by atoms with Crippen LogP contribution < -0.4 is 5.73 Å². The minimum Gasteiger partial charge on any atom is -0.399 e. The summed E-state index contributed by atoms with van der Waals surface area (Å²) in [6, 6.07) is 5.41. The monoisotopic (exact) mass is 294 g/mol. The van der Waals surface area contributed by atoms with Gasteiger partial charge in [-0.3, -0.25) is 4.79 Å². The molecule has 20 heavy (non-hydrogen) atoms. The first-order valence-corrected chi connectivity index (χ1v) is 7.66. The van der Waals surface area contributed by atoms with Gasteiger partial charge in [-0.2, -0.15) is 0 Å². The van der Waals surface area contributed by atoms with Crippen molar-refractivity contribution in [3.8, 4) is 0 Å². The van der Waals surface area contributed by atoms with E-state index in [0.717, 1.165) is 37.7 Å². The zero-order valence-electron chi connectivity index (χ0n) is 12.3. The Kier molecular flexibility index (Phi) is 4.59. The first-order valence-electron chi connectivity index (χ1n) is 7.28. The molecule has 1 fully saturated rings. The van der Waals surface area contributed by atoms with E-state index in [1.165, 1.54) is 0 Å². The minimum absolute atomic E-state index is 0.151. The number of rotatable bonds is 4. The largest absolute Gasteiger partial charge is 0.399 e. The van der Waals surface area contributed by atoms with Crippen molar-refractivity contribution in [3.63, 3.8) is 0 Å². The standard InChI is InChI=1S/C16H23ClN2O/c1-3-16(8-4-5-9-16)15(20)19(2)11-12-10-13(18)6-7-14(12)17/h6-7,10H,3-5,8-9,11,18H2,1-2H3. The Morgan fingerprint density at radius 1 is 1.40 bits per heavy atom. The van der Waals surface area contributed by atoms with Crippen molar-refractivity contribution in [3.05, 3.63) is 28.8 Å². The maximum absolute atomic E-state index is 12.8. The third-order valence-corrected chi connectivity index (χ3v) is 4.88. The highest BCUT2D eigenvalue weighted by atomic mass is 35.5. The molecule has 0 atom stereocenters. The quantitative estimate of drug-likeness (QED) is 0.857. The summed E-state index contributed by atoms with van der Waals surface area (Å²) in [5, 5.41) is 0.663. The highest BCUT2D eigenvalue weighted by Gasteiger charge is 2.40. The number of nitrogens with zero attached hydrogens (tertiary/aromatic N) is 1. The maximum Gasteiger partial charge on any atom is 0.228 e. The average Bonchev–Trinajstić information content (AvgIpc) is 2.92. The van der Waals surface area contributed by atoms with Crippen LogP contribution in [0.1, 0.15) is 44.6 Å². The van der Waals surface area contributed by atoms with E-state index in [2.05, 4.69) is 6.92 Å². The molecule has 110 valence electrons. The van der Waals surface area contributed by atoms with Crippen LogP contribution in [0.3, 0.4) is 0 Å². The maximum atomic E-state index is 12.8. The van der Waals surface area contributed by atoms with Crippen LogP contribution in [0.4, 0.5) is 5.69 Å². The highest BCUT2D eigenvalue weighted by molar-refractivity contribution is 6.31. The Bertz CT molecular complexity index is 495. The van der Waals surface area contributed by atoms with E-state index in [1.54, 1.807) is 17.0 Å². The van der Waals surface area contributed by atoms with Gasteiger partial charge in [-0.15, -0.1) is 0 Å². The lowest BCUT2D eigenvalue weighted by Crippen LogP contribution is -2.39. The van der Waals surface area contributed by atoms with E-state index >= 15 is 0 Å². The first kappa shape index (κ1) is 15.2. The molecule has 1 saturated carbocycles. The Hall–Kier alpha value is -1.22. The van der Waals surface area contributed by atoms with Crippen LogP contribution in [-0.2, 0) is 11.3 Å². The van der Waals surface area contributed by atoms with Crippen LogP contribution in [-0.4, -0.2) is 17.9 Å². The van der Waals surface area contributed by atoms with E-state index in [0.29, 0.717) is 17.3 Å². The second kappa shape index (κ2) is 6.04. The molecular weight excluding hydrogens is 272 g/mol. The highest BCUT2D eigenvalue weighted by Crippen LogP contribution is 2.42. The van der Waals surface area contributed by atoms with Gasteiger partial charge in [-0.05, 0) is 43.0 Å². The van der Waals surface area contributed by atoms with E-state index in [1.807, 2.05) is 13.1 Å². The summed E-state index contributed by atoms with van der Waals surface area (Å²) in [4.78, 5) is 14.6. The normalized spacial score (nSPS) is 17.1. The number of carbonyl (C=O) groups is 1. The van der Waals surface area contributed by atoms with Crippen LogP contribution in [0.2, 0.25) is 5.02 Å². The zero-order valence-corrected chi connectivity index (χ0v) is 13.0. The number of anilines is 1. The Morgan fingerprint density at radius 3 is 2.65 bits per heavy atom. The number of amides is 1. The number of hydrogen-bond donors (Lipinski definition) is 1. The van der Waals surface area contributed by atoms with Gasteiger partial charge in [-0.1, -0.05) is 31.4 Å². The molecule has 0 saturated heterocycles. The van der Waals surface area contributed by atoms with Gasteiger partial charge >= 0.3 is 0 Å². The first-order chi connectivity index (χ1) is 9.48. The molecule has 1 amide bonds. The molecule has 2 N–H and O–H groups in total. The molecule has 1 aromatic rings. The van der Waals surface area contributed by atoms with E-state index < -0.39 is 0 Å². The van der Waals surface area contributed by atoms with Gasteiger partial charge < -0.3 is 10.6 Å². The van der Waals surface area contributed by atoms with Crippen LogP contribution in [0, 0.1) is 5.41 Å². The molecule has 2 rings (SSSR count). The van der Waals surface area contributed by atoms with Gasteiger partial charge in [0.1, 0.15) is 0 Å². The van der Waals surface area contributed by atoms with Gasteiger partial charge in [0.25, 0.3) is 0 Å². The van der Waals surface area contributed by atoms with Gasteiger partial charge in [0.2, 0.25) is 5.91 Å². The molecular formula is C16H23ClN2O. The predicted octanol–water partition coefficient (Wildman–Crippen LogP) is 3.85. The third kappa shape index (κ3) is 2.93. The third-order valence-electron chi connectivity index (χ3n) is 4.52. The fourth-order valence-corrected chi connectivity index (χ4v) is 3.40. The molecule has 0 spiro atoms. The summed E-state index contributed by atoms with van der Waals surface area (Å²) in [6.45, 7) is 2.63. The summed E-state index contributed by atoms with van der Waals surface area (Å²) in [5.74, 6) is 0.246. The average molecular weight is 295 g/mol. The van der Waals surface area contributed by atoms with Gasteiger partial charge in [-0.25, -0.2) is 0 Å². The van der Waals surface area contributed by atoms with Crippen molar-refractivity contribution >= 4 is 23.2 Å². The van der Waals surface area contributed by atoms with Crippen molar-refractivity contribution in [1.29, 1.82) is 0 Å². The lowest BCUT2D eigenvalue weighted by molar-refractivity contribution is -0.141. The smallest absolute Gasteiger partial charge is 0.228 e. The van der Waals surface area contributed by atoms with E-state index in [9.17, 15) is 4.79 Å². The second-order valence-electron chi connectivity index (χ2n) is 5.85. The molecule has 3 nitrogen and oxygen atoms in total. The SMILES string of the molecule is CCC1(C(=O)N(C)Cc2cc(N)ccc2Cl)CCCC1. The van der Waals surface area contributed by atoms with E-state index in [4.69, 9.17) is 17.3 Å². The lowest BCUT2D eigenvalue weighted by atomic mass is 9.82. The van der Waals surface area contributed by atoms with Crippen LogP contribution in [0.25, 0.3) is 0 Å². The van der Waals surface area contributed by atoms with Crippen molar-refractivity contribution < 1.29 is 4.79 Å². The fraction of sp³-hybridized carbons (Fsp3) is 0.562. The Labute approximate surface area is 126 Å². The van der Waals surface area contributed by atoms with Gasteiger partial charge in [0.05, 0.1) is 0 Å². The van der Waals surface area contributed by atoms with Crippen molar-refractivity contribution in [2.24, 2.45) is 5.41 Å². The van der Waals surface area contributed by atoms with Crippen LogP contribution in [0.15, 0.2) is 18.2 Å². The molecule has 1 aliphatic rings. The summed E-state index contributed by atoms with van der Waals surface area (Å²) in [5.41, 5.74) is 7.23. The van der Waals surface area contributed by atoms with Crippen LogP contribution >= 0.6 is 11.6 Å². The Morgan fingerprint density at radius 2 is 2.05 bits per heavy atom. The van der Waals surface area contributed by atoms with Crippen molar-refractivity contribution in [2.45, 2.75) is 45.6 Å². The van der Waals surface area contributed by atoms with Gasteiger partial charge in [0, 0.05) is 29.7 Å².